The van der Waals surface area contributed by atoms with E-state index in [0.717, 1.165) is 34.8 Å². The van der Waals surface area contributed by atoms with Gasteiger partial charge < -0.3 is 4.42 Å². The van der Waals surface area contributed by atoms with Crippen LogP contribution in [0, 0.1) is 23.2 Å². The first-order valence-corrected chi connectivity index (χ1v) is 11.3. The molecule has 0 saturated heterocycles. The zero-order valence-electron chi connectivity index (χ0n) is 17.4. The van der Waals surface area contributed by atoms with Crippen LogP contribution in [0.1, 0.15) is 57.1 Å². The summed E-state index contributed by atoms with van der Waals surface area (Å²) in [6.45, 7) is 0. The third kappa shape index (κ3) is 4.16. The average Bonchev–Trinajstić information content (AvgIpc) is 3.19. The zero-order valence-corrected chi connectivity index (χ0v) is 17.4. The SMILES string of the molecule is O=C(CCc1ccc(-c2ccccc2)o1)NNC(=O)CC12CC3CC(CC(C3)C1)C2. The van der Waals surface area contributed by atoms with Crippen molar-refractivity contribution in [1.82, 2.24) is 10.9 Å². The van der Waals surface area contributed by atoms with E-state index >= 15 is 0 Å². The Hall–Kier alpha value is -2.56. The molecule has 6 rings (SSSR count). The Morgan fingerprint density at radius 2 is 1.50 bits per heavy atom. The molecule has 1 aromatic heterocycles. The topological polar surface area (TPSA) is 71.3 Å². The van der Waals surface area contributed by atoms with Crippen molar-refractivity contribution in [3.8, 4) is 11.3 Å². The van der Waals surface area contributed by atoms with Crippen molar-refractivity contribution in [3.05, 3.63) is 48.2 Å². The highest BCUT2D eigenvalue weighted by Gasteiger charge is 2.51. The molecule has 5 nitrogen and oxygen atoms in total. The number of nitrogens with one attached hydrogen (secondary N) is 2. The summed E-state index contributed by atoms with van der Waals surface area (Å²) in [6, 6.07) is 13.7. The third-order valence-corrected chi connectivity index (χ3v) is 7.36. The number of benzene rings is 1. The van der Waals surface area contributed by atoms with Crippen LogP contribution >= 0.6 is 0 Å². The summed E-state index contributed by atoms with van der Waals surface area (Å²) in [6.07, 6.45) is 9.04. The summed E-state index contributed by atoms with van der Waals surface area (Å²) < 4.78 is 5.84. The Morgan fingerprint density at radius 1 is 0.867 bits per heavy atom. The molecule has 4 fully saturated rings. The summed E-state index contributed by atoms with van der Waals surface area (Å²) in [7, 11) is 0. The smallest absolute Gasteiger partial charge is 0.238 e. The van der Waals surface area contributed by atoms with Crippen LogP contribution in [0.2, 0.25) is 0 Å². The van der Waals surface area contributed by atoms with Crippen molar-refractivity contribution in [2.24, 2.45) is 23.2 Å². The monoisotopic (exact) mass is 406 g/mol. The van der Waals surface area contributed by atoms with Crippen LogP contribution in [0.3, 0.4) is 0 Å². The minimum absolute atomic E-state index is 0.0466. The second kappa shape index (κ2) is 7.93. The van der Waals surface area contributed by atoms with E-state index in [1.54, 1.807) is 0 Å². The van der Waals surface area contributed by atoms with Gasteiger partial charge in [0.1, 0.15) is 11.5 Å². The second-order valence-corrected chi connectivity index (χ2v) is 9.82. The molecular weight excluding hydrogens is 376 g/mol. The van der Waals surface area contributed by atoms with Gasteiger partial charge in [0.05, 0.1) is 0 Å². The first-order valence-electron chi connectivity index (χ1n) is 11.3. The van der Waals surface area contributed by atoms with E-state index < -0.39 is 0 Å². The predicted octanol–water partition coefficient (Wildman–Crippen LogP) is 4.63. The van der Waals surface area contributed by atoms with Crippen LogP contribution in [0.15, 0.2) is 46.9 Å². The standard InChI is InChI=1S/C25H30N2O3/c28-23(9-7-21-6-8-22(30-21)20-4-2-1-3-5-20)26-27-24(29)16-25-13-17-10-18(14-25)12-19(11-17)15-25/h1-6,8,17-19H,7,9-16H2,(H,26,28)(H,27,29). The first kappa shape index (κ1) is 19.4. The molecule has 0 radical (unpaired) electrons. The molecule has 0 unspecified atom stereocenters. The minimum Gasteiger partial charge on any atom is -0.461 e. The number of furan rings is 1. The molecule has 0 atom stereocenters. The molecular formula is C25H30N2O3. The predicted molar refractivity (Wildman–Crippen MR) is 114 cm³/mol. The molecule has 2 amide bonds. The number of carbonyl (C=O) groups excluding carboxylic acids is 2. The van der Waals surface area contributed by atoms with E-state index in [0.29, 0.717) is 12.8 Å². The Kier molecular flexibility index (Phi) is 5.13. The normalized spacial score (nSPS) is 29.0. The lowest BCUT2D eigenvalue weighted by Crippen LogP contribution is -2.50. The van der Waals surface area contributed by atoms with Crippen LogP contribution in [-0.4, -0.2) is 11.8 Å². The number of rotatable bonds is 6. The molecule has 2 N–H and O–H groups in total. The first-order chi connectivity index (χ1) is 14.6. The van der Waals surface area contributed by atoms with Crippen molar-refractivity contribution in [2.45, 2.75) is 57.8 Å². The molecule has 30 heavy (non-hydrogen) atoms. The summed E-state index contributed by atoms with van der Waals surface area (Å²) in [4.78, 5) is 24.7. The molecule has 5 heteroatoms. The van der Waals surface area contributed by atoms with Crippen molar-refractivity contribution < 1.29 is 14.0 Å². The van der Waals surface area contributed by atoms with Gasteiger partial charge in [-0.2, -0.15) is 0 Å². The van der Waals surface area contributed by atoms with Crippen LogP contribution in [0.5, 0.6) is 0 Å². The highest BCUT2D eigenvalue weighted by molar-refractivity contribution is 5.82. The van der Waals surface area contributed by atoms with Gasteiger partial charge >= 0.3 is 0 Å². The molecule has 0 aliphatic heterocycles. The van der Waals surface area contributed by atoms with E-state index in [1.165, 1.54) is 38.5 Å². The molecule has 4 saturated carbocycles. The zero-order chi connectivity index (χ0) is 20.6. The van der Waals surface area contributed by atoms with Crippen molar-refractivity contribution in [3.63, 3.8) is 0 Å². The number of hydrazine groups is 1. The van der Waals surface area contributed by atoms with E-state index in [9.17, 15) is 9.59 Å². The molecule has 2 aromatic rings. The van der Waals surface area contributed by atoms with Gasteiger partial charge in [0.15, 0.2) is 0 Å². The number of aryl methyl sites for hydroxylation is 1. The van der Waals surface area contributed by atoms with Gasteiger partial charge in [0, 0.05) is 24.8 Å². The molecule has 1 aromatic carbocycles. The lowest BCUT2D eigenvalue weighted by atomic mass is 9.49. The van der Waals surface area contributed by atoms with E-state index in [4.69, 9.17) is 4.42 Å². The Bertz CT molecular complexity index is 882. The third-order valence-electron chi connectivity index (χ3n) is 7.36. The van der Waals surface area contributed by atoms with Gasteiger partial charge in [-0.3, -0.25) is 20.4 Å². The van der Waals surface area contributed by atoms with Gasteiger partial charge in [0.25, 0.3) is 0 Å². The fraction of sp³-hybridized carbons (Fsp3) is 0.520. The number of amides is 2. The Balaban J connectivity index is 1.07. The lowest BCUT2D eigenvalue weighted by Gasteiger charge is -2.56. The average molecular weight is 407 g/mol. The fourth-order valence-electron chi connectivity index (χ4n) is 6.60. The van der Waals surface area contributed by atoms with Crippen LogP contribution in [0.4, 0.5) is 0 Å². The van der Waals surface area contributed by atoms with Gasteiger partial charge in [0.2, 0.25) is 11.8 Å². The molecule has 4 aliphatic carbocycles. The van der Waals surface area contributed by atoms with Crippen LogP contribution < -0.4 is 10.9 Å². The van der Waals surface area contributed by atoms with Gasteiger partial charge in [-0.1, -0.05) is 30.3 Å². The van der Waals surface area contributed by atoms with E-state index in [2.05, 4.69) is 10.9 Å². The van der Waals surface area contributed by atoms with Gasteiger partial charge in [-0.25, -0.2) is 0 Å². The number of hydrogen-bond donors (Lipinski definition) is 2. The molecule has 4 bridgehead atoms. The van der Waals surface area contributed by atoms with Gasteiger partial charge in [-0.05, 0) is 73.8 Å². The molecule has 4 aliphatic rings. The maximum Gasteiger partial charge on any atom is 0.238 e. The fourth-order valence-corrected chi connectivity index (χ4v) is 6.60. The summed E-state index contributed by atoms with van der Waals surface area (Å²) in [5.74, 6) is 3.81. The van der Waals surface area contributed by atoms with Crippen LogP contribution in [0.25, 0.3) is 11.3 Å². The number of carbonyl (C=O) groups is 2. The number of hydrogen-bond acceptors (Lipinski definition) is 3. The van der Waals surface area contributed by atoms with Crippen molar-refractivity contribution >= 4 is 11.8 Å². The van der Waals surface area contributed by atoms with Crippen LogP contribution in [-0.2, 0) is 16.0 Å². The molecule has 0 spiro atoms. The van der Waals surface area contributed by atoms with E-state index in [1.807, 2.05) is 42.5 Å². The quantitative estimate of drug-likeness (QED) is 0.687. The maximum atomic E-state index is 12.5. The highest BCUT2D eigenvalue weighted by atomic mass is 16.3. The summed E-state index contributed by atoms with van der Waals surface area (Å²) in [5.41, 5.74) is 6.45. The minimum atomic E-state index is -0.188. The van der Waals surface area contributed by atoms with Gasteiger partial charge in [-0.15, -0.1) is 0 Å². The van der Waals surface area contributed by atoms with Crippen molar-refractivity contribution in [2.75, 3.05) is 0 Å². The highest BCUT2D eigenvalue weighted by Crippen LogP contribution is 2.61. The summed E-state index contributed by atoms with van der Waals surface area (Å²) >= 11 is 0. The largest absolute Gasteiger partial charge is 0.461 e. The van der Waals surface area contributed by atoms with E-state index in [-0.39, 0.29) is 23.7 Å². The Labute approximate surface area is 177 Å². The van der Waals surface area contributed by atoms with Crippen molar-refractivity contribution in [1.29, 1.82) is 0 Å². The lowest BCUT2D eigenvalue weighted by molar-refractivity contribution is -0.134. The molecule has 1 heterocycles. The summed E-state index contributed by atoms with van der Waals surface area (Å²) in [5, 5.41) is 0. The maximum absolute atomic E-state index is 12.5. The molecule has 158 valence electrons. The second-order valence-electron chi connectivity index (χ2n) is 9.82. The Morgan fingerprint density at radius 3 is 2.17 bits per heavy atom.